The summed E-state index contributed by atoms with van der Waals surface area (Å²) in [7, 11) is 0. The molecule has 0 spiro atoms. The fourth-order valence-corrected chi connectivity index (χ4v) is 2.16. The number of aromatic nitrogens is 4. The van der Waals surface area contributed by atoms with E-state index in [1.165, 1.54) is 18.6 Å². The molecule has 120 valence electrons. The molecule has 3 rings (SSSR count). The lowest BCUT2D eigenvalue weighted by molar-refractivity contribution is 0.102. The summed E-state index contributed by atoms with van der Waals surface area (Å²) in [6, 6.07) is 9.18. The average Bonchev–Trinajstić information content (AvgIpc) is 2.56. The molecular weight excluding hydrogens is 304 g/mol. The summed E-state index contributed by atoms with van der Waals surface area (Å²) in [5.74, 6) is 0.241. The van der Waals surface area contributed by atoms with Crippen molar-refractivity contribution in [2.45, 2.75) is 13.8 Å². The Hall–Kier alpha value is -3.35. The molecule has 0 saturated heterocycles. The van der Waals surface area contributed by atoms with Crippen LogP contribution in [-0.4, -0.2) is 25.8 Å². The van der Waals surface area contributed by atoms with Crippen molar-refractivity contribution in [2.24, 2.45) is 0 Å². The van der Waals surface area contributed by atoms with E-state index in [1.807, 2.05) is 32.0 Å². The van der Waals surface area contributed by atoms with Gasteiger partial charge < -0.3 is 10.6 Å². The maximum atomic E-state index is 12.0. The molecule has 1 aromatic carbocycles. The van der Waals surface area contributed by atoms with Crippen molar-refractivity contribution in [2.75, 3.05) is 10.6 Å². The largest absolute Gasteiger partial charge is 0.324 e. The monoisotopic (exact) mass is 320 g/mol. The van der Waals surface area contributed by atoms with Crippen LogP contribution in [0.15, 0.2) is 48.9 Å². The first kappa shape index (κ1) is 15.5. The highest BCUT2D eigenvalue weighted by Crippen LogP contribution is 2.17. The van der Waals surface area contributed by atoms with Gasteiger partial charge in [0.05, 0.1) is 6.20 Å². The molecule has 2 aromatic heterocycles. The maximum absolute atomic E-state index is 12.0. The third-order valence-corrected chi connectivity index (χ3v) is 3.18. The lowest BCUT2D eigenvalue weighted by Crippen LogP contribution is -2.13. The third kappa shape index (κ3) is 3.89. The number of benzene rings is 1. The molecule has 2 heterocycles. The zero-order valence-electron chi connectivity index (χ0n) is 13.3. The van der Waals surface area contributed by atoms with Crippen LogP contribution in [0.4, 0.5) is 17.3 Å². The highest BCUT2D eigenvalue weighted by atomic mass is 16.1. The van der Waals surface area contributed by atoms with Gasteiger partial charge in [-0.1, -0.05) is 0 Å². The van der Waals surface area contributed by atoms with Crippen molar-refractivity contribution in [1.29, 1.82) is 0 Å². The molecule has 0 fully saturated rings. The van der Waals surface area contributed by atoms with Gasteiger partial charge in [-0.3, -0.25) is 9.78 Å². The van der Waals surface area contributed by atoms with Crippen LogP contribution in [0.3, 0.4) is 0 Å². The lowest BCUT2D eigenvalue weighted by Gasteiger charge is -2.08. The summed E-state index contributed by atoms with van der Waals surface area (Å²) in [5, 5.41) is 5.91. The number of amides is 1. The van der Waals surface area contributed by atoms with E-state index in [9.17, 15) is 4.79 Å². The van der Waals surface area contributed by atoms with Crippen molar-refractivity contribution in [3.05, 3.63) is 66.0 Å². The van der Waals surface area contributed by atoms with Gasteiger partial charge in [0.1, 0.15) is 5.69 Å². The van der Waals surface area contributed by atoms with Gasteiger partial charge in [0.25, 0.3) is 5.91 Å². The highest BCUT2D eigenvalue weighted by molar-refractivity contribution is 6.02. The van der Waals surface area contributed by atoms with Gasteiger partial charge in [-0.2, -0.15) is 0 Å². The van der Waals surface area contributed by atoms with Crippen molar-refractivity contribution in [3.8, 4) is 0 Å². The van der Waals surface area contributed by atoms with Crippen LogP contribution in [0.25, 0.3) is 0 Å². The summed E-state index contributed by atoms with van der Waals surface area (Å²) in [4.78, 5) is 28.5. The Bertz CT molecular complexity index is 828. The SMILES string of the molecule is Cc1cc(C)nc(Nc2ccc(NC(=O)c3cnccn3)cc2)n1. The van der Waals surface area contributed by atoms with Crippen molar-refractivity contribution in [1.82, 2.24) is 19.9 Å². The lowest BCUT2D eigenvalue weighted by atomic mass is 10.2. The second-order valence-electron chi connectivity index (χ2n) is 5.22. The Labute approximate surface area is 139 Å². The van der Waals surface area contributed by atoms with Gasteiger partial charge >= 0.3 is 0 Å². The second kappa shape index (κ2) is 6.82. The molecule has 0 bridgehead atoms. The summed E-state index contributed by atoms with van der Waals surface area (Å²) in [5.41, 5.74) is 3.56. The van der Waals surface area contributed by atoms with Gasteiger partial charge in [-0.15, -0.1) is 0 Å². The molecule has 0 saturated carbocycles. The molecule has 0 aliphatic heterocycles. The first-order valence-corrected chi connectivity index (χ1v) is 7.37. The van der Waals surface area contributed by atoms with E-state index in [0.29, 0.717) is 11.6 Å². The smallest absolute Gasteiger partial charge is 0.275 e. The summed E-state index contributed by atoms with van der Waals surface area (Å²) >= 11 is 0. The third-order valence-electron chi connectivity index (χ3n) is 3.18. The van der Waals surface area contributed by atoms with Gasteiger partial charge in [-0.25, -0.2) is 15.0 Å². The van der Waals surface area contributed by atoms with Crippen LogP contribution < -0.4 is 10.6 Å². The molecule has 3 aromatic rings. The minimum atomic E-state index is -0.304. The molecule has 0 aliphatic carbocycles. The first-order valence-electron chi connectivity index (χ1n) is 7.37. The van der Waals surface area contributed by atoms with E-state index in [4.69, 9.17) is 0 Å². The van der Waals surface area contributed by atoms with E-state index >= 15 is 0 Å². The molecule has 0 unspecified atom stereocenters. The standard InChI is InChI=1S/C17H16N6O/c1-11-9-12(2)21-17(20-11)23-14-5-3-13(4-6-14)22-16(24)15-10-18-7-8-19-15/h3-10H,1-2H3,(H,22,24)(H,20,21,23). The van der Waals surface area contributed by atoms with Crippen LogP contribution in [0.2, 0.25) is 0 Å². The van der Waals surface area contributed by atoms with E-state index in [-0.39, 0.29) is 11.6 Å². The van der Waals surface area contributed by atoms with Crippen molar-refractivity contribution in [3.63, 3.8) is 0 Å². The molecule has 0 atom stereocenters. The average molecular weight is 320 g/mol. The number of carbonyl (C=O) groups is 1. The van der Waals surface area contributed by atoms with Gasteiger partial charge in [0.2, 0.25) is 5.95 Å². The zero-order chi connectivity index (χ0) is 16.9. The number of aryl methyl sites for hydroxylation is 2. The normalized spacial score (nSPS) is 10.2. The van der Waals surface area contributed by atoms with Crippen molar-refractivity contribution >= 4 is 23.2 Å². The Balaban J connectivity index is 1.68. The summed E-state index contributed by atoms with van der Waals surface area (Å²) < 4.78 is 0. The minimum Gasteiger partial charge on any atom is -0.324 e. The van der Waals surface area contributed by atoms with Crippen LogP contribution in [0, 0.1) is 13.8 Å². The first-order chi connectivity index (χ1) is 11.6. The van der Waals surface area contributed by atoms with Gasteiger partial charge in [0, 0.05) is 35.2 Å². The van der Waals surface area contributed by atoms with E-state index < -0.39 is 0 Å². The fraction of sp³-hybridized carbons (Fsp3) is 0.118. The molecule has 0 radical (unpaired) electrons. The number of rotatable bonds is 4. The minimum absolute atomic E-state index is 0.267. The van der Waals surface area contributed by atoms with Crippen LogP contribution in [-0.2, 0) is 0 Å². The van der Waals surface area contributed by atoms with Crippen molar-refractivity contribution < 1.29 is 4.79 Å². The number of nitrogens with one attached hydrogen (secondary N) is 2. The Kier molecular flexibility index (Phi) is 4.42. The summed E-state index contributed by atoms with van der Waals surface area (Å²) in [6.07, 6.45) is 4.42. The van der Waals surface area contributed by atoms with Gasteiger partial charge in [0.15, 0.2) is 0 Å². The maximum Gasteiger partial charge on any atom is 0.275 e. The molecular formula is C17H16N6O. The Morgan fingerprint density at radius 1 is 0.958 bits per heavy atom. The number of hydrogen-bond acceptors (Lipinski definition) is 6. The number of anilines is 3. The predicted molar refractivity (Wildman–Crippen MR) is 91.2 cm³/mol. The molecule has 2 N–H and O–H groups in total. The fourth-order valence-electron chi connectivity index (χ4n) is 2.16. The van der Waals surface area contributed by atoms with E-state index in [0.717, 1.165) is 17.1 Å². The molecule has 0 aliphatic rings. The zero-order valence-corrected chi connectivity index (χ0v) is 13.3. The Morgan fingerprint density at radius 3 is 2.25 bits per heavy atom. The Morgan fingerprint density at radius 2 is 1.62 bits per heavy atom. The van der Waals surface area contributed by atoms with Crippen LogP contribution in [0.1, 0.15) is 21.9 Å². The predicted octanol–water partition coefficient (Wildman–Crippen LogP) is 2.88. The van der Waals surface area contributed by atoms with E-state index in [2.05, 4.69) is 30.6 Å². The van der Waals surface area contributed by atoms with E-state index in [1.54, 1.807) is 12.1 Å². The molecule has 24 heavy (non-hydrogen) atoms. The molecule has 7 nitrogen and oxygen atoms in total. The highest BCUT2D eigenvalue weighted by Gasteiger charge is 2.07. The molecule has 1 amide bonds. The number of hydrogen-bond donors (Lipinski definition) is 2. The van der Waals surface area contributed by atoms with Gasteiger partial charge in [-0.05, 0) is 44.2 Å². The molecule has 7 heteroatoms. The second-order valence-corrected chi connectivity index (χ2v) is 5.22. The number of nitrogens with zero attached hydrogens (tertiary/aromatic N) is 4. The van der Waals surface area contributed by atoms with Crippen LogP contribution in [0.5, 0.6) is 0 Å². The quantitative estimate of drug-likeness (QED) is 0.768. The topological polar surface area (TPSA) is 92.7 Å². The number of carbonyl (C=O) groups excluding carboxylic acids is 1. The van der Waals surface area contributed by atoms with Crippen LogP contribution >= 0.6 is 0 Å². The summed E-state index contributed by atoms with van der Waals surface area (Å²) in [6.45, 7) is 3.84.